The smallest absolute Gasteiger partial charge is 0.262 e. The molecule has 0 heterocycles. The minimum absolute atomic E-state index is 0.224. The normalized spacial score (nSPS) is 10.2. The molecule has 0 radical (unpaired) electrons. The summed E-state index contributed by atoms with van der Waals surface area (Å²) >= 11 is 0. The zero-order chi connectivity index (χ0) is 15.4. The van der Waals surface area contributed by atoms with Crippen molar-refractivity contribution in [2.75, 3.05) is 17.7 Å². The van der Waals surface area contributed by atoms with E-state index in [2.05, 4.69) is 5.32 Å². The Hall–Kier alpha value is -2.63. The number of nitrogens with one attached hydrogen (secondary N) is 1. The second-order valence-corrected chi connectivity index (χ2v) is 4.49. The molecule has 110 valence electrons. The van der Waals surface area contributed by atoms with Gasteiger partial charge in [0.2, 0.25) is 0 Å². The zero-order valence-electron chi connectivity index (χ0n) is 11.3. The highest BCUT2D eigenvalue weighted by molar-refractivity contribution is 5.92. The lowest BCUT2D eigenvalue weighted by atomic mass is 10.2. The van der Waals surface area contributed by atoms with Crippen LogP contribution < -0.4 is 15.8 Å². The topological polar surface area (TPSA) is 64.3 Å². The number of aryl methyl sites for hydroxylation is 1. The molecule has 21 heavy (non-hydrogen) atoms. The minimum atomic E-state index is -0.714. The maximum atomic E-state index is 13.4. The highest BCUT2D eigenvalue weighted by Crippen LogP contribution is 2.20. The number of nitrogens with two attached hydrogens (primary N) is 1. The van der Waals surface area contributed by atoms with Crippen molar-refractivity contribution in [3.05, 3.63) is 53.6 Å². The molecule has 0 aliphatic heterocycles. The van der Waals surface area contributed by atoms with Crippen LogP contribution in [0.1, 0.15) is 5.56 Å². The molecule has 6 heteroatoms. The molecule has 0 unspecified atom stereocenters. The molecule has 0 atom stereocenters. The van der Waals surface area contributed by atoms with Gasteiger partial charge in [-0.2, -0.15) is 0 Å². The molecule has 2 aromatic carbocycles. The Kier molecular flexibility index (Phi) is 4.37. The van der Waals surface area contributed by atoms with Gasteiger partial charge in [0.1, 0.15) is 17.4 Å². The van der Waals surface area contributed by atoms with Crippen LogP contribution in [0.2, 0.25) is 0 Å². The Labute approximate surface area is 120 Å². The van der Waals surface area contributed by atoms with Crippen LogP contribution in [0.5, 0.6) is 5.75 Å². The number of anilines is 2. The number of halogens is 2. The van der Waals surface area contributed by atoms with E-state index in [1.165, 1.54) is 0 Å². The zero-order valence-corrected chi connectivity index (χ0v) is 11.3. The fourth-order valence-corrected chi connectivity index (χ4v) is 1.76. The van der Waals surface area contributed by atoms with Crippen molar-refractivity contribution in [3.63, 3.8) is 0 Å². The van der Waals surface area contributed by atoms with E-state index >= 15 is 0 Å². The first-order valence-corrected chi connectivity index (χ1v) is 6.19. The summed E-state index contributed by atoms with van der Waals surface area (Å²) in [5.41, 5.74) is 6.75. The summed E-state index contributed by atoms with van der Waals surface area (Å²) in [7, 11) is 0. The number of carbonyl (C=O) groups excluding carboxylic acids is 1. The molecule has 2 rings (SSSR count). The van der Waals surface area contributed by atoms with Gasteiger partial charge in [-0.15, -0.1) is 0 Å². The highest BCUT2D eigenvalue weighted by atomic mass is 19.1. The van der Waals surface area contributed by atoms with Crippen LogP contribution in [0, 0.1) is 18.6 Å². The fourth-order valence-electron chi connectivity index (χ4n) is 1.76. The van der Waals surface area contributed by atoms with Crippen molar-refractivity contribution in [1.29, 1.82) is 0 Å². The maximum Gasteiger partial charge on any atom is 0.262 e. The number of carbonyl (C=O) groups is 1. The minimum Gasteiger partial charge on any atom is -0.483 e. The summed E-state index contributed by atoms with van der Waals surface area (Å²) in [6.07, 6.45) is 0. The molecule has 0 aromatic heterocycles. The van der Waals surface area contributed by atoms with Gasteiger partial charge in [-0.05, 0) is 42.8 Å². The summed E-state index contributed by atoms with van der Waals surface area (Å²) in [5, 5.41) is 2.25. The summed E-state index contributed by atoms with van der Waals surface area (Å²) < 4.78 is 31.7. The van der Waals surface area contributed by atoms with E-state index < -0.39 is 17.5 Å². The SMILES string of the molecule is Cc1cc(N)ccc1OCC(=O)Nc1cc(F)ccc1F. The lowest BCUT2D eigenvalue weighted by Gasteiger charge is -2.10. The van der Waals surface area contributed by atoms with Crippen LogP contribution in [0.4, 0.5) is 20.2 Å². The molecule has 0 fully saturated rings. The number of amides is 1. The predicted octanol–water partition coefficient (Wildman–Crippen LogP) is 2.87. The van der Waals surface area contributed by atoms with Crippen LogP contribution in [-0.2, 0) is 4.79 Å². The molecule has 2 aromatic rings. The molecular formula is C15H14F2N2O2. The second kappa shape index (κ2) is 6.21. The molecule has 0 saturated carbocycles. The number of rotatable bonds is 4. The lowest BCUT2D eigenvalue weighted by molar-refractivity contribution is -0.118. The maximum absolute atomic E-state index is 13.4. The quantitative estimate of drug-likeness (QED) is 0.852. The van der Waals surface area contributed by atoms with E-state index in [-0.39, 0.29) is 12.3 Å². The van der Waals surface area contributed by atoms with Crippen molar-refractivity contribution in [3.8, 4) is 5.75 Å². The molecule has 4 nitrogen and oxygen atoms in total. The summed E-state index contributed by atoms with van der Waals surface area (Å²) in [6.45, 7) is 1.47. The summed E-state index contributed by atoms with van der Waals surface area (Å²) in [6, 6.07) is 7.81. The number of ether oxygens (including phenoxy) is 1. The van der Waals surface area contributed by atoms with Crippen molar-refractivity contribution < 1.29 is 18.3 Å². The van der Waals surface area contributed by atoms with Crippen LogP contribution in [0.15, 0.2) is 36.4 Å². The molecule has 0 aliphatic carbocycles. The summed E-state index contributed by atoms with van der Waals surface area (Å²) in [5.74, 6) is -1.44. The average molecular weight is 292 g/mol. The third-order valence-corrected chi connectivity index (χ3v) is 2.76. The van der Waals surface area contributed by atoms with E-state index in [9.17, 15) is 13.6 Å². The van der Waals surface area contributed by atoms with E-state index in [1.807, 2.05) is 0 Å². The molecule has 0 saturated heterocycles. The third-order valence-electron chi connectivity index (χ3n) is 2.76. The van der Waals surface area contributed by atoms with Gasteiger partial charge in [-0.1, -0.05) is 0 Å². The Morgan fingerprint density at radius 2 is 2.00 bits per heavy atom. The van der Waals surface area contributed by atoms with Gasteiger partial charge in [0.15, 0.2) is 6.61 Å². The highest BCUT2D eigenvalue weighted by Gasteiger charge is 2.09. The Bertz CT molecular complexity index is 675. The fraction of sp³-hybridized carbons (Fsp3) is 0.133. The molecule has 3 N–H and O–H groups in total. The lowest BCUT2D eigenvalue weighted by Crippen LogP contribution is -2.21. The van der Waals surface area contributed by atoms with E-state index in [0.717, 1.165) is 23.8 Å². The van der Waals surface area contributed by atoms with Crippen LogP contribution in [0.3, 0.4) is 0 Å². The largest absolute Gasteiger partial charge is 0.483 e. The average Bonchev–Trinajstić information content (AvgIpc) is 2.42. The third kappa shape index (κ3) is 3.92. The van der Waals surface area contributed by atoms with Gasteiger partial charge in [0.05, 0.1) is 5.69 Å². The second-order valence-electron chi connectivity index (χ2n) is 4.49. The van der Waals surface area contributed by atoms with Crippen LogP contribution >= 0.6 is 0 Å². The molecule has 0 bridgehead atoms. The molecule has 0 spiro atoms. The van der Waals surface area contributed by atoms with E-state index in [0.29, 0.717) is 11.4 Å². The molecular weight excluding hydrogens is 278 g/mol. The van der Waals surface area contributed by atoms with Gasteiger partial charge in [-0.25, -0.2) is 8.78 Å². The van der Waals surface area contributed by atoms with Gasteiger partial charge >= 0.3 is 0 Å². The molecule has 0 aliphatic rings. The Morgan fingerprint density at radius 3 is 2.71 bits per heavy atom. The number of hydrogen-bond acceptors (Lipinski definition) is 3. The van der Waals surface area contributed by atoms with Gasteiger partial charge in [0.25, 0.3) is 5.91 Å². The Balaban J connectivity index is 1.97. The van der Waals surface area contributed by atoms with Crippen molar-refractivity contribution in [2.45, 2.75) is 6.92 Å². The first kappa shape index (κ1) is 14.8. The summed E-state index contributed by atoms with van der Waals surface area (Å²) in [4.78, 5) is 11.7. The predicted molar refractivity (Wildman–Crippen MR) is 76.1 cm³/mol. The first-order chi connectivity index (χ1) is 9.95. The number of nitrogen functional groups attached to an aromatic ring is 1. The van der Waals surface area contributed by atoms with Gasteiger partial charge < -0.3 is 15.8 Å². The number of benzene rings is 2. The van der Waals surface area contributed by atoms with E-state index in [1.54, 1.807) is 25.1 Å². The van der Waals surface area contributed by atoms with Crippen LogP contribution in [-0.4, -0.2) is 12.5 Å². The monoisotopic (exact) mass is 292 g/mol. The first-order valence-electron chi connectivity index (χ1n) is 6.19. The van der Waals surface area contributed by atoms with Gasteiger partial charge in [0, 0.05) is 11.8 Å². The Morgan fingerprint density at radius 1 is 1.24 bits per heavy atom. The van der Waals surface area contributed by atoms with Crippen molar-refractivity contribution in [2.24, 2.45) is 0 Å². The van der Waals surface area contributed by atoms with Crippen LogP contribution in [0.25, 0.3) is 0 Å². The van der Waals surface area contributed by atoms with Crippen molar-refractivity contribution >= 4 is 17.3 Å². The standard InChI is InChI=1S/C15H14F2N2O2/c1-9-6-11(18)3-5-14(9)21-8-15(20)19-13-7-10(16)2-4-12(13)17/h2-7H,8,18H2,1H3,(H,19,20). The number of hydrogen-bond donors (Lipinski definition) is 2. The van der Waals surface area contributed by atoms with Crippen molar-refractivity contribution in [1.82, 2.24) is 0 Å². The van der Waals surface area contributed by atoms with Gasteiger partial charge in [-0.3, -0.25) is 4.79 Å². The van der Waals surface area contributed by atoms with E-state index in [4.69, 9.17) is 10.5 Å². The molecule has 1 amide bonds.